The van der Waals surface area contributed by atoms with Gasteiger partial charge in [0.25, 0.3) is 0 Å². The molecule has 0 fully saturated rings. The first kappa shape index (κ1) is 14.6. The van der Waals surface area contributed by atoms with Crippen LogP contribution in [0.3, 0.4) is 0 Å². The topological polar surface area (TPSA) is 12.4 Å². The van der Waals surface area contributed by atoms with E-state index in [1.807, 2.05) is 26.1 Å². The molecule has 0 aliphatic carbocycles. The zero-order valence-corrected chi connectivity index (χ0v) is 11.2. The maximum absolute atomic E-state index is 4.32. The minimum atomic E-state index is 0.0679. The molecule has 0 aromatic rings. The third-order valence-corrected chi connectivity index (χ3v) is 2.30. The predicted molar refractivity (Wildman–Crippen MR) is 75.0 cm³/mol. The Labute approximate surface area is 100.0 Å². The van der Waals surface area contributed by atoms with Gasteiger partial charge in [-0.2, -0.15) is 0 Å². The Bertz CT molecular complexity index is 346. The van der Waals surface area contributed by atoms with Gasteiger partial charge in [0, 0.05) is 18.2 Å². The molecular weight excluding hydrogens is 194 g/mol. The number of rotatable bonds is 4. The Morgan fingerprint density at radius 2 is 1.81 bits per heavy atom. The first-order chi connectivity index (χ1) is 7.32. The van der Waals surface area contributed by atoms with Crippen molar-refractivity contribution < 1.29 is 0 Å². The molecule has 16 heavy (non-hydrogen) atoms. The highest BCUT2D eigenvalue weighted by Crippen LogP contribution is 2.19. The summed E-state index contributed by atoms with van der Waals surface area (Å²) in [6.07, 6.45) is 7.68. The van der Waals surface area contributed by atoms with Gasteiger partial charge in [0.2, 0.25) is 0 Å². The minimum Gasteiger partial charge on any atom is -0.293 e. The molecule has 1 nitrogen and oxygen atoms in total. The van der Waals surface area contributed by atoms with Crippen LogP contribution in [-0.4, -0.2) is 12.8 Å². The maximum Gasteiger partial charge on any atom is 0.0401 e. The summed E-state index contributed by atoms with van der Waals surface area (Å²) in [6, 6.07) is 0. The minimum absolute atomic E-state index is 0.0679. The van der Waals surface area contributed by atoms with E-state index in [0.717, 1.165) is 16.9 Å². The zero-order valence-electron chi connectivity index (χ0n) is 11.2. The summed E-state index contributed by atoms with van der Waals surface area (Å²) in [5.41, 5.74) is 3.27. The van der Waals surface area contributed by atoms with Crippen molar-refractivity contribution in [1.82, 2.24) is 0 Å². The van der Waals surface area contributed by atoms with Crippen LogP contribution in [0.5, 0.6) is 0 Å². The van der Waals surface area contributed by atoms with E-state index in [1.165, 1.54) is 0 Å². The summed E-state index contributed by atoms with van der Waals surface area (Å²) in [5, 5.41) is 0. The number of aliphatic imine (C=N–C) groups is 1. The molecule has 0 rings (SSSR count). The second-order valence-corrected chi connectivity index (χ2v) is 4.81. The van der Waals surface area contributed by atoms with E-state index in [2.05, 4.69) is 45.0 Å². The van der Waals surface area contributed by atoms with Crippen LogP contribution in [0.1, 0.15) is 27.7 Å². The zero-order chi connectivity index (χ0) is 12.8. The van der Waals surface area contributed by atoms with Crippen LogP contribution in [-0.2, 0) is 0 Å². The smallest absolute Gasteiger partial charge is 0.0401 e. The van der Waals surface area contributed by atoms with Crippen LogP contribution < -0.4 is 0 Å². The lowest BCUT2D eigenvalue weighted by Crippen LogP contribution is -2.18. The first-order valence-electron chi connectivity index (χ1n) is 5.47. The van der Waals surface area contributed by atoms with Gasteiger partial charge in [-0.1, -0.05) is 52.2 Å². The summed E-state index contributed by atoms with van der Waals surface area (Å²) in [5.74, 6) is 0. The van der Waals surface area contributed by atoms with Crippen molar-refractivity contribution in [3.8, 4) is 0 Å². The van der Waals surface area contributed by atoms with Gasteiger partial charge < -0.3 is 0 Å². The predicted octanol–water partition coefficient (Wildman–Crippen LogP) is 4.35. The van der Waals surface area contributed by atoms with Crippen molar-refractivity contribution in [3.63, 3.8) is 0 Å². The highest BCUT2D eigenvalue weighted by molar-refractivity contribution is 5.99. The molecule has 0 aliphatic rings. The highest BCUT2D eigenvalue weighted by Gasteiger charge is 2.16. The van der Waals surface area contributed by atoms with E-state index >= 15 is 0 Å². The quantitative estimate of drug-likeness (QED) is 0.490. The molecule has 0 saturated heterocycles. The van der Waals surface area contributed by atoms with Crippen LogP contribution in [0, 0.1) is 5.41 Å². The molecule has 0 aromatic carbocycles. The number of nitrogens with zero attached hydrogens (tertiary/aromatic N) is 1. The molecule has 1 heteroatoms. The van der Waals surface area contributed by atoms with E-state index < -0.39 is 0 Å². The van der Waals surface area contributed by atoms with Crippen LogP contribution in [0.25, 0.3) is 0 Å². The molecule has 0 atom stereocenters. The SMILES string of the molecule is C=C/C=C\C(=C)/C(C)=C/C(=NC)C(C)(C)C. The Balaban J connectivity index is 4.97. The summed E-state index contributed by atoms with van der Waals surface area (Å²) in [4.78, 5) is 4.32. The fraction of sp³-hybridized carbons (Fsp3) is 0.400. The third-order valence-electron chi connectivity index (χ3n) is 2.30. The van der Waals surface area contributed by atoms with Crippen molar-refractivity contribution >= 4 is 5.71 Å². The van der Waals surface area contributed by atoms with Crippen LogP contribution in [0.4, 0.5) is 0 Å². The number of allylic oxidation sites excluding steroid dienone is 6. The van der Waals surface area contributed by atoms with E-state index in [1.54, 1.807) is 6.08 Å². The van der Waals surface area contributed by atoms with Gasteiger partial charge >= 0.3 is 0 Å². The fourth-order valence-corrected chi connectivity index (χ4v) is 1.23. The number of hydrogen-bond donors (Lipinski definition) is 0. The van der Waals surface area contributed by atoms with Crippen molar-refractivity contribution in [2.45, 2.75) is 27.7 Å². The van der Waals surface area contributed by atoms with Gasteiger partial charge in [-0.15, -0.1) is 0 Å². The molecule has 0 amide bonds. The molecule has 88 valence electrons. The Morgan fingerprint density at radius 1 is 1.25 bits per heavy atom. The average Bonchev–Trinajstić information content (AvgIpc) is 2.20. The maximum atomic E-state index is 4.32. The normalized spacial score (nSPS) is 14.3. The molecule has 0 heterocycles. The monoisotopic (exact) mass is 217 g/mol. The summed E-state index contributed by atoms with van der Waals surface area (Å²) in [7, 11) is 1.83. The first-order valence-corrected chi connectivity index (χ1v) is 5.47. The molecule has 0 bridgehead atoms. The van der Waals surface area contributed by atoms with E-state index in [4.69, 9.17) is 0 Å². The van der Waals surface area contributed by atoms with Crippen molar-refractivity contribution in [2.75, 3.05) is 7.05 Å². The lowest BCUT2D eigenvalue weighted by molar-refractivity contribution is 0.593. The highest BCUT2D eigenvalue weighted by atomic mass is 14.7. The van der Waals surface area contributed by atoms with Gasteiger partial charge in [0.1, 0.15) is 0 Å². The van der Waals surface area contributed by atoms with Gasteiger partial charge in [-0.05, 0) is 24.1 Å². The Morgan fingerprint density at radius 3 is 2.19 bits per heavy atom. The van der Waals surface area contributed by atoms with E-state index in [0.29, 0.717) is 0 Å². The molecule has 0 aromatic heterocycles. The molecule has 0 saturated carbocycles. The van der Waals surface area contributed by atoms with E-state index in [-0.39, 0.29) is 5.41 Å². The second kappa shape index (κ2) is 6.26. The lowest BCUT2D eigenvalue weighted by atomic mass is 9.88. The van der Waals surface area contributed by atoms with Gasteiger partial charge in [0.05, 0.1) is 0 Å². The average molecular weight is 217 g/mol. The summed E-state index contributed by atoms with van der Waals surface area (Å²) in [6.45, 7) is 16.2. The van der Waals surface area contributed by atoms with Gasteiger partial charge in [-0.3, -0.25) is 4.99 Å². The largest absolute Gasteiger partial charge is 0.293 e. The third kappa shape index (κ3) is 4.92. The summed E-state index contributed by atoms with van der Waals surface area (Å²) < 4.78 is 0. The van der Waals surface area contributed by atoms with Crippen LogP contribution >= 0.6 is 0 Å². The summed E-state index contributed by atoms with van der Waals surface area (Å²) >= 11 is 0. The van der Waals surface area contributed by atoms with Crippen LogP contribution in [0.15, 0.2) is 53.6 Å². The lowest BCUT2D eigenvalue weighted by Gasteiger charge is -2.19. The van der Waals surface area contributed by atoms with Crippen molar-refractivity contribution in [1.29, 1.82) is 0 Å². The van der Waals surface area contributed by atoms with Crippen molar-refractivity contribution in [3.05, 3.63) is 48.6 Å². The molecule has 0 unspecified atom stereocenters. The van der Waals surface area contributed by atoms with Crippen LogP contribution in [0.2, 0.25) is 0 Å². The second-order valence-electron chi connectivity index (χ2n) is 4.81. The van der Waals surface area contributed by atoms with Crippen molar-refractivity contribution in [2.24, 2.45) is 10.4 Å². The van der Waals surface area contributed by atoms with E-state index in [9.17, 15) is 0 Å². The Kier molecular flexibility index (Phi) is 5.73. The molecule has 0 spiro atoms. The van der Waals surface area contributed by atoms with Gasteiger partial charge in [0.15, 0.2) is 0 Å². The molecule has 0 radical (unpaired) electrons. The molecule has 0 N–H and O–H groups in total. The fourth-order valence-electron chi connectivity index (χ4n) is 1.23. The molecular formula is C15H23N. The Hall–Kier alpha value is -1.37. The van der Waals surface area contributed by atoms with Gasteiger partial charge in [-0.25, -0.2) is 0 Å². The molecule has 0 aliphatic heterocycles. The standard InChI is InChI=1S/C15H23N/c1-8-9-10-12(2)13(3)11-14(16-7)15(4,5)6/h8-11H,1-2H2,3-7H3/b10-9-,13-11+,16-14?. The number of hydrogen-bond acceptors (Lipinski definition) is 1.